The zero-order chi connectivity index (χ0) is 21.1. The molecule has 158 valence electrons. The van der Waals surface area contributed by atoms with Crippen LogP contribution in [0.2, 0.25) is 0 Å². The van der Waals surface area contributed by atoms with Crippen LogP contribution in [0, 0.1) is 6.92 Å². The Balaban J connectivity index is 1.39. The van der Waals surface area contributed by atoms with Crippen LogP contribution in [-0.2, 0) is 16.6 Å². The van der Waals surface area contributed by atoms with Gasteiger partial charge in [-0.1, -0.05) is 42.5 Å². The number of nitrogens with zero attached hydrogens (tertiary/aromatic N) is 3. The highest BCUT2D eigenvalue weighted by atomic mass is 32.2. The number of hydrogen-bond acceptors (Lipinski definition) is 5. The summed E-state index contributed by atoms with van der Waals surface area (Å²) in [5.74, 6) is 0.583. The number of rotatable bonds is 6. The molecule has 0 bridgehead atoms. The molecule has 2 heterocycles. The van der Waals surface area contributed by atoms with E-state index in [2.05, 4.69) is 34.1 Å². The molecule has 0 N–H and O–H groups in total. The molecule has 1 aliphatic heterocycles. The first-order valence-corrected chi connectivity index (χ1v) is 11.6. The fourth-order valence-corrected chi connectivity index (χ4v) is 5.35. The van der Waals surface area contributed by atoms with Gasteiger partial charge in [0.2, 0.25) is 10.0 Å². The molecule has 0 amide bonds. The highest BCUT2D eigenvalue weighted by molar-refractivity contribution is 7.89. The van der Waals surface area contributed by atoms with Crippen LogP contribution in [0.5, 0.6) is 0 Å². The number of sulfonamides is 1. The van der Waals surface area contributed by atoms with Crippen molar-refractivity contribution >= 4 is 10.0 Å². The Hall–Kier alpha value is -2.48. The highest BCUT2D eigenvalue weighted by Crippen LogP contribution is 2.26. The lowest BCUT2D eigenvalue weighted by molar-refractivity contribution is 0.164. The second kappa shape index (κ2) is 8.71. The summed E-state index contributed by atoms with van der Waals surface area (Å²) >= 11 is 0. The lowest BCUT2D eigenvalue weighted by atomic mass is 10.0. The zero-order valence-corrected chi connectivity index (χ0v) is 18.2. The molecular formula is C23H27N3O3S. The second-order valence-electron chi connectivity index (χ2n) is 7.79. The van der Waals surface area contributed by atoms with E-state index in [-0.39, 0.29) is 6.04 Å². The van der Waals surface area contributed by atoms with Crippen LogP contribution in [0.3, 0.4) is 0 Å². The number of hydrogen-bond donors (Lipinski definition) is 0. The molecule has 3 aromatic rings. The summed E-state index contributed by atoms with van der Waals surface area (Å²) in [5.41, 5.74) is 2.83. The second-order valence-corrected chi connectivity index (χ2v) is 9.79. The van der Waals surface area contributed by atoms with Crippen LogP contribution in [0.25, 0.3) is 11.3 Å². The number of piperidine rings is 1. The number of likely N-dealkylation sites (tertiary alicyclic amines) is 1. The van der Waals surface area contributed by atoms with Crippen LogP contribution in [0.1, 0.15) is 24.3 Å². The van der Waals surface area contributed by atoms with Crippen molar-refractivity contribution in [3.8, 4) is 11.3 Å². The molecule has 0 aliphatic carbocycles. The van der Waals surface area contributed by atoms with E-state index in [1.54, 1.807) is 48.8 Å². The van der Waals surface area contributed by atoms with Gasteiger partial charge in [-0.2, -0.15) is 4.31 Å². The summed E-state index contributed by atoms with van der Waals surface area (Å²) in [4.78, 5) is 6.98. The van der Waals surface area contributed by atoms with Crippen LogP contribution in [0.4, 0.5) is 0 Å². The van der Waals surface area contributed by atoms with Gasteiger partial charge < -0.3 is 4.42 Å². The third-order valence-corrected chi connectivity index (χ3v) is 7.69. The molecule has 6 nitrogen and oxygen atoms in total. The molecule has 4 rings (SSSR count). The molecule has 0 atom stereocenters. The first-order valence-electron chi connectivity index (χ1n) is 10.2. The smallest absolute Gasteiger partial charge is 0.243 e. The SMILES string of the molecule is Cc1nc(-c2ccc(S(=O)(=O)N(C)C3CCN(Cc4ccccc4)CC3)cc2)co1. The van der Waals surface area contributed by atoms with Crippen molar-refractivity contribution in [2.45, 2.75) is 37.2 Å². The largest absolute Gasteiger partial charge is 0.449 e. The topological polar surface area (TPSA) is 66.7 Å². The van der Waals surface area contributed by atoms with E-state index >= 15 is 0 Å². The number of benzene rings is 2. The van der Waals surface area contributed by atoms with E-state index < -0.39 is 10.0 Å². The summed E-state index contributed by atoms with van der Waals surface area (Å²) < 4.78 is 33.1. The molecule has 0 spiro atoms. The molecule has 30 heavy (non-hydrogen) atoms. The van der Waals surface area contributed by atoms with E-state index in [0.717, 1.165) is 38.0 Å². The van der Waals surface area contributed by atoms with E-state index in [1.807, 2.05) is 6.07 Å². The van der Waals surface area contributed by atoms with Gasteiger partial charge in [0.1, 0.15) is 12.0 Å². The van der Waals surface area contributed by atoms with Gasteiger partial charge in [0, 0.05) is 45.2 Å². The summed E-state index contributed by atoms with van der Waals surface area (Å²) in [6.45, 7) is 4.48. The van der Waals surface area contributed by atoms with E-state index in [0.29, 0.717) is 16.5 Å². The maximum absolute atomic E-state index is 13.1. The van der Waals surface area contributed by atoms with Gasteiger partial charge in [0.15, 0.2) is 5.89 Å². The van der Waals surface area contributed by atoms with Gasteiger partial charge in [-0.25, -0.2) is 13.4 Å². The molecule has 0 saturated carbocycles. The fourth-order valence-electron chi connectivity index (χ4n) is 3.94. The minimum Gasteiger partial charge on any atom is -0.449 e. The monoisotopic (exact) mass is 425 g/mol. The molecule has 1 saturated heterocycles. The number of aromatic nitrogens is 1. The lowest BCUT2D eigenvalue weighted by Crippen LogP contribution is -2.45. The summed E-state index contributed by atoms with van der Waals surface area (Å²) in [6.07, 6.45) is 3.24. The van der Waals surface area contributed by atoms with Crippen molar-refractivity contribution in [3.63, 3.8) is 0 Å². The Labute approximate surface area is 178 Å². The molecule has 2 aromatic carbocycles. The van der Waals surface area contributed by atoms with Gasteiger partial charge in [-0.3, -0.25) is 4.90 Å². The van der Waals surface area contributed by atoms with Gasteiger partial charge >= 0.3 is 0 Å². The van der Waals surface area contributed by atoms with Crippen molar-refractivity contribution in [2.24, 2.45) is 0 Å². The van der Waals surface area contributed by atoms with E-state index in [1.165, 1.54) is 5.56 Å². The molecule has 7 heteroatoms. The molecule has 1 aliphatic rings. The number of oxazole rings is 1. The van der Waals surface area contributed by atoms with Crippen molar-refractivity contribution in [3.05, 3.63) is 72.3 Å². The van der Waals surface area contributed by atoms with Crippen molar-refractivity contribution < 1.29 is 12.8 Å². The van der Waals surface area contributed by atoms with Crippen molar-refractivity contribution in [2.75, 3.05) is 20.1 Å². The average molecular weight is 426 g/mol. The molecule has 0 unspecified atom stereocenters. The predicted molar refractivity (Wildman–Crippen MR) is 116 cm³/mol. The molecule has 1 fully saturated rings. The minimum atomic E-state index is -3.54. The maximum Gasteiger partial charge on any atom is 0.243 e. The Bertz CT molecular complexity index is 1070. The summed E-state index contributed by atoms with van der Waals surface area (Å²) in [7, 11) is -1.84. The van der Waals surface area contributed by atoms with Crippen LogP contribution < -0.4 is 0 Å². The quantitative estimate of drug-likeness (QED) is 0.599. The van der Waals surface area contributed by atoms with Crippen molar-refractivity contribution in [1.29, 1.82) is 0 Å². The third kappa shape index (κ3) is 4.48. The lowest BCUT2D eigenvalue weighted by Gasteiger charge is -2.36. The standard InChI is InChI=1S/C23H27N3O3S/c1-18-24-23(17-29-18)20-8-10-22(11-9-20)30(27,28)25(2)21-12-14-26(15-13-21)16-19-6-4-3-5-7-19/h3-11,17,21H,12-16H2,1-2H3. The summed E-state index contributed by atoms with van der Waals surface area (Å²) in [5, 5.41) is 0. The van der Waals surface area contributed by atoms with Gasteiger partial charge in [-0.05, 0) is 30.5 Å². The van der Waals surface area contributed by atoms with Gasteiger partial charge in [0.25, 0.3) is 0 Å². The van der Waals surface area contributed by atoms with Crippen molar-refractivity contribution in [1.82, 2.24) is 14.2 Å². The summed E-state index contributed by atoms with van der Waals surface area (Å²) in [6, 6.07) is 17.3. The Kier molecular flexibility index (Phi) is 6.04. The maximum atomic E-state index is 13.1. The van der Waals surface area contributed by atoms with Gasteiger partial charge in [0.05, 0.1) is 4.90 Å². The average Bonchev–Trinajstić information content (AvgIpc) is 3.21. The molecule has 0 radical (unpaired) electrons. The third-order valence-electron chi connectivity index (χ3n) is 5.77. The zero-order valence-electron chi connectivity index (χ0n) is 17.4. The first kappa shape index (κ1) is 20.8. The van der Waals surface area contributed by atoms with Crippen LogP contribution >= 0.6 is 0 Å². The number of aryl methyl sites for hydroxylation is 1. The minimum absolute atomic E-state index is 0.0138. The van der Waals surface area contributed by atoms with Gasteiger partial charge in [-0.15, -0.1) is 0 Å². The predicted octanol–water partition coefficient (Wildman–Crippen LogP) is 3.94. The Morgan fingerprint density at radius 1 is 1.07 bits per heavy atom. The molecular weight excluding hydrogens is 398 g/mol. The Morgan fingerprint density at radius 2 is 1.73 bits per heavy atom. The van der Waals surface area contributed by atoms with Crippen LogP contribution in [0.15, 0.2) is 70.2 Å². The first-order chi connectivity index (χ1) is 14.4. The molecule has 1 aromatic heterocycles. The van der Waals surface area contributed by atoms with Crippen LogP contribution in [-0.4, -0.2) is 48.8 Å². The fraction of sp³-hybridized carbons (Fsp3) is 0.348. The van der Waals surface area contributed by atoms with E-state index in [4.69, 9.17) is 4.42 Å². The van der Waals surface area contributed by atoms with E-state index in [9.17, 15) is 8.42 Å². The normalized spacial score (nSPS) is 16.2. The highest BCUT2D eigenvalue weighted by Gasteiger charge is 2.30. The Morgan fingerprint density at radius 3 is 2.33 bits per heavy atom.